The molecule has 0 N–H and O–H groups in total. The molecule has 2 aliphatic rings. The van der Waals surface area contributed by atoms with Crippen LogP contribution in [0.4, 0.5) is 11.4 Å². The minimum absolute atomic E-state index is 0.359. The summed E-state index contributed by atoms with van der Waals surface area (Å²) < 4.78 is 1.39. The van der Waals surface area contributed by atoms with E-state index in [1.807, 2.05) is 11.3 Å². The summed E-state index contributed by atoms with van der Waals surface area (Å²) in [4.78, 5) is 3.97. The van der Waals surface area contributed by atoms with Crippen molar-refractivity contribution in [2.45, 2.75) is 32.6 Å². The van der Waals surface area contributed by atoms with Crippen molar-refractivity contribution in [2.24, 2.45) is 5.92 Å². The molecule has 0 amide bonds. The number of nitrogens with zero attached hydrogens (tertiary/aromatic N) is 1. The summed E-state index contributed by atoms with van der Waals surface area (Å²) in [6, 6.07) is 48.5. The summed E-state index contributed by atoms with van der Waals surface area (Å²) in [5, 5.41) is 1.43. The second-order valence-electron chi connectivity index (χ2n) is 12.5. The molecule has 5 aromatic carbocycles. The van der Waals surface area contributed by atoms with Gasteiger partial charge in [-0.1, -0.05) is 116 Å². The number of allylic oxidation sites excluding steroid dienone is 6. The Morgan fingerprint density at radius 1 is 0.630 bits per heavy atom. The van der Waals surface area contributed by atoms with Gasteiger partial charge in [0, 0.05) is 32.6 Å². The smallest absolute Gasteiger partial charge is 0.0470 e. The minimum Gasteiger partial charge on any atom is -0.314 e. The third kappa shape index (κ3) is 5.44. The number of benzene rings is 5. The van der Waals surface area contributed by atoms with Gasteiger partial charge in [-0.2, -0.15) is 0 Å². The second-order valence-corrected chi connectivity index (χ2v) is 13.5. The lowest BCUT2D eigenvalue weighted by molar-refractivity contribution is 0.667. The highest BCUT2D eigenvalue weighted by Crippen LogP contribution is 2.46. The van der Waals surface area contributed by atoms with Crippen LogP contribution in [0.15, 0.2) is 163 Å². The summed E-state index contributed by atoms with van der Waals surface area (Å²) in [6.07, 6.45) is 11.9. The molecule has 2 heteroatoms. The molecule has 0 fully saturated rings. The molecule has 0 saturated heterocycles. The molecule has 0 bridgehead atoms. The quantitative estimate of drug-likeness (QED) is 0.181. The Balaban J connectivity index is 1.30. The molecule has 1 heterocycles. The fourth-order valence-corrected chi connectivity index (χ4v) is 8.36. The van der Waals surface area contributed by atoms with Gasteiger partial charge in [0.1, 0.15) is 0 Å². The molecule has 1 aromatic heterocycles. The van der Waals surface area contributed by atoms with Crippen LogP contribution in [0.1, 0.15) is 36.6 Å². The highest BCUT2D eigenvalue weighted by atomic mass is 32.1. The van der Waals surface area contributed by atoms with E-state index in [1.165, 1.54) is 77.4 Å². The third-order valence-electron chi connectivity index (χ3n) is 9.40. The van der Waals surface area contributed by atoms with E-state index >= 15 is 0 Å². The molecule has 224 valence electrons. The van der Waals surface area contributed by atoms with Crippen LogP contribution >= 0.6 is 11.3 Å². The largest absolute Gasteiger partial charge is 0.314 e. The van der Waals surface area contributed by atoms with Gasteiger partial charge < -0.3 is 4.90 Å². The molecule has 0 aliphatic heterocycles. The van der Waals surface area contributed by atoms with Gasteiger partial charge in [-0.25, -0.2) is 0 Å². The molecule has 6 aromatic rings. The lowest BCUT2D eigenvalue weighted by atomic mass is 9.88. The van der Waals surface area contributed by atoms with Gasteiger partial charge in [-0.05, 0) is 113 Å². The number of para-hydroxylation sites is 1. The molecule has 1 atom stereocenters. The highest BCUT2D eigenvalue weighted by Gasteiger charge is 2.27. The van der Waals surface area contributed by atoms with Crippen LogP contribution in [-0.4, -0.2) is 0 Å². The number of rotatable bonds is 6. The topological polar surface area (TPSA) is 3.24 Å². The van der Waals surface area contributed by atoms with Gasteiger partial charge in [0.2, 0.25) is 0 Å². The Morgan fingerprint density at radius 2 is 1.26 bits per heavy atom. The van der Waals surface area contributed by atoms with E-state index in [-0.39, 0.29) is 0 Å². The third-order valence-corrected chi connectivity index (χ3v) is 10.6. The Kier molecular flexibility index (Phi) is 7.73. The van der Waals surface area contributed by atoms with Crippen LogP contribution in [0.25, 0.3) is 37.9 Å². The Morgan fingerprint density at radius 3 is 1.96 bits per heavy atom. The van der Waals surface area contributed by atoms with Gasteiger partial charge in [0.15, 0.2) is 0 Å². The van der Waals surface area contributed by atoms with Crippen molar-refractivity contribution in [3.05, 3.63) is 173 Å². The van der Waals surface area contributed by atoms with Gasteiger partial charge in [0.05, 0.1) is 0 Å². The highest BCUT2D eigenvalue weighted by molar-refractivity contribution is 7.20. The zero-order valence-corrected chi connectivity index (χ0v) is 27.0. The van der Waals surface area contributed by atoms with Crippen molar-refractivity contribution in [2.75, 3.05) is 4.90 Å². The predicted molar refractivity (Wildman–Crippen MR) is 199 cm³/mol. The van der Waals surface area contributed by atoms with Crippen LogP contribution in [0.3, 0.4) is 0 Å². The first kappa shape index (κ1) is 28.5. The van der Waals surface area contributed by atoms with Crippen molar-refractivity contribution in [3.63, 3.8) is 0 Å². The van der Waals surface area contributed by atoms with Crippen LogP contribution in [0.2, 0.25) is 0 Å². The number of hydrogen-bond acceptors (Lipinski definition) is 2. The number of aryl methyl sites for hydroxylation is 1. The minimum atomic E-state index is 0.359. The lowest BCUT2D eigenvalue weighted by Gasteiger charge is -2.34. The summed E-state index contributed by atoms with van der Waals surface area (Å²) in [5.74, 6) is 0.359. The average molecular weight is 612 g/mol. The normalized spacial score (nSPS) is 16.2. The van der Waals surface area contributed by atoms with E-state index in [0.717, 1.165) is 19.3 Å². The van der Waals surface area contributed by atoms with Crippen LogP contribution in [-0.2, 0) is 6.42 Å². The summed E-state index contributed by atoms with van der Waals surface area (Å²) in [5.41, 5.74) is 12.9. The molecule has 0 radical (unpaired) electrons. The second kappa shape index (κ2) is 12.5. The van der Waals surface area contributed by atoms with Crippen molar-refractivity contribution >= 4 is 38.4 Å². The Labute approximate surface area is 276 Å². The fourth-order valence-electron chi connectivity index (χ4n) is 7.05. The first-order chi connectivity index (χ1) is 22.7. The van der Waals surface area contributed by atoms with E-state index in [1.54, 1.807) is 0 Å². The molecule has 8 rings (SSSR count). The van der Waals surface area contributed by atoms with Crippen molar-refractivity contribution < 1.29 is 0 Å². The summed E-state index contributed by atoms with van der Waals surface area (Å²) in [6.45, 7) is 2.38. The molecular weight excluding hydrogens is 575 g/mol. The van der Waals surface area contributed by atoms with Crippen LogP contribution < -0.4 is 4.90 Å². The average Bonchev–Trinajstić information content (AvgIpc) is 3.35. The number of anilines is 2. The van der Waals surface area contributed by atoms with Crippen LogP contribution in [0.5, 0.6) is 0 Å². The zero-order chi connectivity index (χ0) is 30.9. The van der Waals surface area contributed by atoms with Crippen molar-refractivity contribution in [1.29, 1.82) is 0 Å². The van der Waals surface area contributed by atoms with Crippen molar-refractivity contribution in [3.8, 4) is 22.3 Å². The van der Waals surface area contributed by atoms with E-state index in [4.69, 9.17) is 0 Å². The Bertz CT molecular complexity index is 2040. The summed E-state index contributed by atoms with van der Waals surface area (Å²) >= 11 is 1.97. The van der Waals surface area contributed by atoms with Gasteiger partial charge >= 0.3 is 0 Å². The molecule has 1 unspecified atom stereocenters. The van der Waals surface area contributed by atoms with Crippen molar-refractivity contribution in [1.82, 2.24) is 0 Å². The molecule has 1 nitrogen and oxygen atoms in total. The SMILES string of the molecule is CC1CC=C(C2=CCCCc3c2sc2ccccc32)C=C1N(c1ccccc1)c1cc(-c2ccccc2)cc(-c2ccccc2)c1. The molecule has 0 spiro atoms. The van der Waals surface area contributed by atoms with Gasteiger partial charge in [0.25, 0.3) is 0 Å². The van der Waals surface area contributed by atoms with E-state index in [2.05, 4.69) is 164 Å². The molecular formula is C44H37NS. The lowest BCUT2D eigenvalue weighted by Crippen LogP contribution is -2.23. The molecule has 0 saturated carbocycles. The molecule has 2 aliphatic carbocycles. The first-order valence-corrected chi connectivity index (χ1v) is 17.3. The van der Waals surface area contributed by atoms with E-state index < -0.39 is 0 Å². The fraction of sp³-hybridized carbons (Fsp3) is 0.136. The predicted octanol–water partition coefficient (Wildman–Crippen LogP) is 12.6. The number of fused-ring (bicyclic) bond motifs is 3. The zero-order valence-electron chi connectivity index (χ0n) is 26.2. The summed E-state index contributed by atoms with van der Waals surface area (Å²) in [7, 11) is 0. The van der Waals surface area contributed by atoms with E-state index in [0.29, 0.717) is 5.92 Å². The molecule has 46 heavy (non-hydrogen) atoms. The number of thiophene rings is 1. The van der Waals surface area contributed by atoms with Crippen LogP contribution in [0, 0.1) is 5.92 Å². The van der Waals surface area contributed by atoms with Gasteiger partial charge in [-0.3, -0.25) is 0 Å². The van der Waals surface area contributed by atoms with E-state index in [9.17, 15) is 0 Å². The monoisotopic (exact) mass is 611 g/mol. The maximum atomic E-state index is 2.51. The van der Waals surface area contributed by atoms with Gasteiger partial charge in [-0.15, -0.1) is 11.3 Å². The maximum absolute atomic E-state index is 2.51. The maximum Gasteiger partial charge on any atom is 0.0470 e. The number of hydrogen-bond donors (Lipinski definition) is 0. The Hall–Kier alpha value is -4.92. The standard InChI is InChI=1S/C44H37NS/c1-31-25-26-34(39-21-11-12-23-41-40-22-13-14-24-43(40)46-44(39)41)30-42(31)45(37-19-9-4-10-20-37)38-28-35(32-15-5-2-6-16-32)27-36(29-38)33-17-7-3-8-18-33/h2-10,13-22,24,26-31H,11-12,23,25H2,1H3. The first-order valence-electron chi connectivity index (χ1n) is 16.5.